The quantitative estimate of drug-likeness (QED) is 0.928. The third-order valence-electron chi connectivity index (χ3n) is 2.79. The zero-order valence-corrected chi connectivity index (χ0v) is 13.5. The van der Waals surface area contributed by atoms with E-state index >= 15 is 0 Å². The molecule has 1 N–H and O–H groups in total. The number of ether oxygens (including phenoxy) is 1. The first kappa shape index (κ1) is 16.3. The molecule has 2 rings (SSSR count). The lowest BCUT2D eigenvalue weighted by atomic mass is 10.2. The van der Waals surface area contributed by atoms with Crippen LogP contribution in [-0.4, -0.2) is 20.6 Å². The molecule has 22 heavy (non-hydrogen) atoms. The second kappa shape index (κ2) is 6.37. The molecule has 0 aliphatic carbocycles. The summed E-state index contributed by atoms with van der Waals surface area (Å²) < 4.78 is 29.7. The van der Waals surface area contributed by atoms with Crippen molar-refractivity contribution in [1.82, 2.24) is 4.72 Å². The number of hydrogen-bond acceptors (Lipinski definition) is 4. The number of carbonyl (C=O) groups excluding carboxylic acids is 1. The van der Waals surface area contributed by atoms with Gasteiger partial charge in [-0.1, -0.05) is 29.8 Å². The Hall–Kier alpha value is -2.05. The summed E-state index contributed by atoms with van der Waals surface area (Å²) in [5, 5.41) is 0.212. The number of aryl methyl sites for hydroxylation is 1. The predicted molar refractivity (Wildman–Crippen MR) is 85.0 cm³/mol. The van der Waals surface area contributed by atoms with Crippen molar-refractivity contribution in [3.05, 3.63) is 58.6 Å². The van der Waals surface area contributed by atoms with Crippen molar-refractivity contribution in [1.29, 1.82) is 0 Å². The molecule has 0 saturated carbocycles. The minimum atomic E-state index is -3.62. The molecule has 0 saturated heterocycles. The Morgan fingerprint density at radius 2 is 1.82 bits per heavy atom. The number of benzene rings is 2. The van der Waals surface area contributed by atoms with Crippen molar-refractivity contribution in [3.63, 3.8) is 0 Å². The summed E-state index contributed by atoms with van der Waals surface area (Å²) >= 11 is 6.09. The van der Waals surface area contributed by atoms with Crippen molar-refractivity contribution < 1.29 is 17.9 Å². The van der Waals surface area contributed by atoms with Crippen molar-refractivity contribution >= 4 is 27.5 Å². The van der Waals surface area contributed by atoms with Gasteiger partial charge in [0.25, 0.3) is 5.91 Å². The van der Waals surface area contributed by atoms with Crippen molar-refractivity contribution in [2.24, 2.45) is 0 Å². The van der Waals surface area contributed by atoms with Crippen LogP contribution in [0.2, 0.25) is 5.02 Å². The summed E-state index contributed by atoms with van der Waals surface area (Å²) in [5.74, 6) is 0.288. The zero-order chi connectivity index (χ0) is 16.3. The van der Waals surface area contributed by atoms with Crippen molar-refractivity contribution in [2.45, 2.75) is 6.92 Å². The summed E-state index contributed by atoms with van der Waals surface area (Å²) in [5.41, 5.74) is 1.07. The van der Waals surface area contributed by atoms with Gasteiger partial charge in [0.2, 0.25) is 10.0 Å². The van der Waals surface area contributed by atoms with Gasteiger partial charge >= 0.3 is 0 Å². The van der Waals surface area contributed by atoms with Crippen LogP contribution >= 0.6 is 11.6 Å². The standard InChI is InChI=1S/C15H14ClNO4S/c1-10-5-3-4-6-13(10)21-14-8-7-11(9-12(14)16)15(18)17-22(2,19)20/h3-9H,1-2H3,(H,17,18). The van der Waals surface area contributed by atoms with Gasteiger partial charge in [0.1, 0.15) is 11.5 Å². The smallest absolute Gasteiger partial charge is 0.264 e. The van der Waals surface area contributed by atoms with Crippen LogP contribution in [-0.2, 0) is 10.0 Å². The third kappa shape index (κ3) is 4.22. The van der Waals surface area contributed by atoms with Gasteiger partial charge in [-0.05, 0) is 36.8 Å². The van der Waals surface area contributed by atoms with Crippen LogP contribution in [0.5, 0.6) is 11.5 Å². The Morgan fingerprint density at radius 1 is 1.14 bits per heavy atom. The summed E-state index contributed by atoms with van der Waals surface area (Å²) in [6, 6.07) is 11.8. The molecular formula is C15H14ClNO4S. The lowest BCUT2D eigenvalue weighted by Gasteiger charge is -2.11. The lowest BCUT2D eigenvalue weighted by molar-refractivity contribution is 0.0981. The fourth-order valence-electron chi connectivity index (χ4n) is 1.74. The first-order valence-electron chi connectivity index (χ1n) is 6.31. The highest BCUT2D eigenvalue weighted by Gasteiger charge is 2.14. The van der Waals surface area contributed by atoms with Crippen molar-refractivity contribution in [3.8, 4) is 11.5 Å². The zero-order valence-electron chi connectivity index (χ0n) is 12.0. The van der Waals surface area contributed by atoms with Gasteiger partial charge < -0.3 is 4.74 Å². The Balaban J connectivity index is 2.24. The molecule has 0 radical (unpaired) electrons. The maximum absolute atomic E-state index is 11.7. The van der Waals surface area contributed by atoms with Crippen LogP contribution < -0.4 is 9.46 Å². The number of halogens is 1. The maximum atomic E-state index is 11.7. The van der Waals surface area contributed by atoms with Gasteiger partial charge in [-0.3, -0.25) is 4.79 Å². The number of sulfonamides is 1. The molecule has 0 spiro atoms. The Bertz CT molecular complexity index is 818. The van der Waals surface area contributed by atoms with Gasteiger partial charge in [0.15, 0.2) is 0 Å². The fraction of sp³-hybridized carbons (Fsp3) is 0.133. The number of nitrogens with one attached hydrogen (secondary N) is 1. The minimum Gasteiger partial charge on any atom is -0.456 e. The average Bonchev–Trinajstić information content (AvgIpc) is 2.41. The second-order valence-electron chi connectivity index (χ2n) is 4.72. The molecule has 0 fully saturated rings. The van der Waals surface area contributed by atoms with E-state index in [1.54, 1.807) is 6.07 Å². The maximum Gasteiger partial charge on any atom is 0.264 e. The Labute approximate surface area is 133 Å². The number of para-hydroxylation sites is 1. The summed E-state index contributed by atoms with van der Waals surface area (Å²) in [6.07, 6.45) is 0.905. The van der Waals surface area contributed by atoms with Gasteiger partial charge in [-0.2, -0.15) is 0 Å². The first-order chi connectivity index (χ1) is 10.3. The summed E-state index contributed by atoms with van der Waals surface area (Å²) in [4.78, 5) is 11.7. The van der Waals surface area contributed by atoms with Crippen LogP contribution in [0.15, 0.2) is 42.5 Å². The SMILES string of the molecule is Cc1ccccc1Oc1ccc(C(=O)NS(C)(=O)=O)cc1Cl. The highest BCUT2D eigenvalue weighted by Crippen LogP contribution is 2.31. The van der Waals surface area contributed by atoms with E-state index in [4.69, 9.17) is 16.3 Å². The molecule has 7 heteroatoms. The molecule has 2 aromatic rings. The molecule has 0 bridgehead atoms. The largest absolute Gasteiger partial charge is 0.456 e. The van der Waals surface area contributed by atoms with Gasteiger partial charge in [-0.25, -0.2) is 13.1 Å². The molecule has 116 valence electrons. The summed E-state index contributed by atoms with van der Waals surface area (Å²) in [7, 11) is -3.62. The molecule has 0 heterocycles. The second-order valence-corrected chi connectivity index (χ2v) is 6.87. The van der Waals surface area contributed by atoms with Gasteiger partial charge in [0, 0.05) is 5.56 Å². The lowest BCUT2D eigenvalue weighted by Crippen LogP contribution is -2.29. The first-order valence-corrected chi connectivity index (χ1v) is 8.58. The minimum absolute atomic E-state index is 0.132. The van der Waals surface area contributed by atoms with E-state index in [2.05, 4.69) is 0 Å². The van der Waals surface area contributed by atoms with E-state index in [1.807, 2.05) is 29.8 Å². The number of hydrogen-bond donors (Lipinski definition) is 1. The topological polar surface area (TPSA) is 72.5 Å². The molecule has 5 nitrogen and oxygen atoms in total. The number of amides is 1. The molecule has 0 aliphatic rings. The van der Waals surface area contributed by atoms with E-state index in [1.165, 1.54) is 18.2 Å². The monoisotopic (exact) mass is 339 g/mol. The highest BCUT2D eigenvalue weighted by atomic mass is 35.5. The molecular weight excluding hydrogens is 326 g/mol. The predicted octanol–water partition coefficient (Wildman–Crippen LogP) is 3.13. The van der Waals surface area contributed by atoms with E-state index in [-0.39, 0.29) is 10.6 Å². The van der Waals surface area contributed by atoms with Crippen LogP contribution in [0.4, 0.5) is 0 Å². The Kier molecular flexibility index (Phi) is 4.73. The van der Waals surface area contributed by atoms with E-state index in [0.717, 1.165) is 11.8 Å². The fourth-order valence-corrected chi connectivity index (χ4v) is 2.42. The Morgan fingerprint density at radius 3 is 2.41 bits per heavy atom. The van der Waals surface area contributed by atoms with E-state index in [0.29, 0.717) is 11.5 Å². The molecule has 0 aliphatic heterocycles. The van der Waals surface area contributed by atoms with Gasteiger partial charge in [0.05, 0.1) is 11.3 Å². The van der Waals surface area contributed by atoms with Crippen LogP contribution in [0.3, 0.4) is 0 Å². The summed E-state index contributed by atoms with van der Waals surface area (Å²) in [6.45, 7) is 1.90. The highest BCUT2D eigenvalue weighted by molar-refractivity contribution is 7.89. The molecule has 1 amide bonds. The van der Waals surface area contributed by atoms with E-state index in [9.17, 15) is 13.2 Å². The van der Waals surface area contributed by atoms with E-state index < -0.39 is 15.9 Å². The van der Waals surface area contributed by atoms with Crippen LogP contribution in [0.25, 0.3) is 0 Å². The number of carbonyl (C=O) groups is 1. The normalized spacial score (nSPS) is 11.0. The van der Waals surface area contributed by atoms with Gasteiger partial charge in [-0.15, -0.1) is 0 Å². The molecule has 0 atom stereocenters. The van der Waals surface area contributed by atoms with Crippen LogP contribution in [0.1, 0.15) is 15.9 Å². The molecule has 0 aromatic heterocycles. The van der Waals surface area contributed by atoms with Crippen LogP contribution in [0, 0.1) is 6.92 Å². The van der Waals surface area contributed by atoms with Crippen molar-refractivity contribution in [2.75, 3.05) is 6.26 Å². The average molecular weight is 340 g/mol. The molecule has 0 unspecified atom stereocenters. The third-order valence-corrected chi connectivity index (χ3v) is 3.64. The molecule has 2 aromatic carbocycles. The number of rotatable bonds is 4.